The molecule has 3 aromatic rings. The molecular weight excluding hydrogens is 402 g/mol. The minimum atomic E-state index is -0.313. The Hall–Kier alpha value is -3.60. The Labute approximate surface area is 179 Å². The van der Waals surface area contributed by atoms with Gasteiger partial charge in [-0.1, -0.05) is 18.2 Å². The van der Waals surface area contributed by atoms with Crippen LogP contribution in [0.25, 0.3) is 5.69 Å². The third-order valence-electron chi connectivity index (χ3n) is 5.13. The van der Waals surface area contributed by atoms with Crippen LogP contribution in [0.15, 0.2) is 30.3 Å². The van der Waals surface area contributed by atoms with Crippen LogP contribution in [0, 0.1) is 13.8 Å². The molecule has 1 amide bonds. The molecule has 0 bridgehead atoms. The van der Waals surface area contributed by atoms with Crippen molar-refractivity contribution in [2.75, 3.05) is 19.7 Å². The van der Waals surface area contributed by atoms with E-state index in [-0.39, 0.29) is 18.5 Å². The fourth-order valence-electron chi connectivity index (χ4n) is 3.56. The summed E-state index contributed by atoms with van der Waals surface area (Å²) in [6.07, 6.45) is 0.000753. The molecule has 1 fully saturated rings. The van der Waals surface area contributed by atoms with Crippen molar-refractivity contribution in [3.05, 3.63) is 53.1 Å². The molecule has 1 saturated heterocycles. The summed E-state index contributed by atoms with van der Waals surface area (Å²) in [6.45, 7) is 5.17. The zero-order valence-electron chi connectivity index (χ0n) is 17.7. The first-order valence-corrected chi connectivity index (χ1v) is 9.76. The monoisotopic (exact) mass is 427 g/mol. The van der Waals surface area contributed by atoms with E-state index in [0.29, 0.717) is 31.9 Å². The molecular formula is C20H25N7O4. The Kier molecular flexibility index (Phi) is 7.08. The average Bonchev–Trinajstić information content (AvgIpc) is 3.33. The fourth-order valence-corrected chi connectivity index (χ4v) is 3.56. The summed E-state index contributed by atoms with van der Waals surface area (Å²) in [6, 6.07) is 9.94. The summed E-state index contributed by atoms with van der Waals surface area (Å²) in [7, 11) is 1.77. The van der Waals surface area contributed by atoms with Gasteiger partial charge in [0.05, 0.1) is 31.0 Å². The lowest BCUT2D eigenvalue weighted by Gasteiger charge is -2.32. The number of aromatic nitrogens is 6. The predicted octanol–water partition coefficient (Wildman–Crippen LogP) is 0.856. The van der Waals surface area contributed by atoms with Crippen molar-refractivity contribution in [2.24, 2.45) is 7.05 Å². The number of amides is 1. The Morgan fingerprint density at radius 3 is 2.65 bits per heavy atom. The van der Waals surface area contributed by atoms with E-state index in [0.717, 1.165) is 22.6 Å². The van der Waals surface area contributed by atoms with Crippen molar-refractivity contribution >= 4 is 12.4 Å². The molecule has 2 aromatic heterocycles. The van der Waals surface area contributed by atoms with Gasteiger partial charge < -0.3 is 14.7 Å². The number of hydrogen-bond acceptors (Lipinski definition) is 7. The van der Waals surface area contributed by atoms with E-state index in [9.17, 15) is 4.79 Å². The zero-order chi connectivity index (χ0) is 22.4. The van der Waals surface area contributed by atoms with E-state index < -0.39 is 0 Å². The van der Waals surface area contributed by atoms with Gasteiger partial charge in [0, 0.05) is 24.8 Å². The quantitative estimate of drug-likeness (QED) is 0.607. The number of carbonyl (C=O) groups excluding carboxylic acids is 1. The molecule has 1 aliphatic heterocycles. The molecule has 0 aliphatic carbocycles. The number of carbonyl (C=O) groups is 2. The van der Waals surface area contributed by atoms with Crippen LogP contribution >= 0.6 is 0 Å². The maximum atomic E-state index is 13.0. The van der Waals surface area contributed by atoms with E-state index in [1.165, 1.54) is 0 Å². The Morgan fingerprint density at radius 1 is 1.29 bits per heavy atom. The number of nitrogens with zero attached hydrogens (tertiary/aromatic N) is 7. The van der Waals surface area contributed by atoms with Crippen LogP contribution in [0.3, 0.4) is 0 Å². The highest BCUT2D eigenvalue weighted by atomic mass is 16.5. The molecule has 31 heavy (non-hydrogen) atoms. The molecule has 1 N–H and O–H groups in total. The SMILES string of the molecule is Cc1nn(-c2ccccc2)c(C)c1CC(=O)N1CCOC(c2nnnn2C)C1.O=CO. The van der Waals surface area contributed by atoms with Crippen molar-refractivity contribution in [2.45, 2.75) is 26.4 Å². The summed E-state index contributed by atoms with van der Waals surface area (Å²) in [5.74, 6) is 0.684. The number of para-hydroxylation sites is 1. The van der Waals surface area contributed by atoms with Crippen LogP contribution in [0.5, 0.6) is 0 Å². The van der Waals surface area contributed by atoms with Gasteiger partial charge in [-0.2, -0.15) is 5.10 Å². The fraction of sp³-hybridized carbons (Fsp3) is 0.400. The van der Waals surface area contributed by atoms with Crippen LogP contribution in [0.4, 0.5) is 0 Å². The topological polar surface area (TPSA) is 128 Å². The van der Waals surface area contributed by atoms with E-state index in [4.69, 9.17) is 14.6 Å². The smallest absolute Gasteiger partial charge is 0.290 e. The molecule has 11 nitrogen and oxygen atoms in total. The van der Waals surface area contributed by atoms with Crippen molar-refractivity contribution in [3.63, 3.8) is 0 Å². The maximum absolute atomic E-state index is 13.0. The standard InChI is InChI=1S/C19H23N7O2.CH2O2/c1-13-16(14(2)26(21-13)15-7-5-4-6-8-15)11-18(27)25-9-10-28-17(12-25)19-20-22-23-24(19)3;2-1-3/h4-8,17H,9-12H2,1-3H3;1H,(H,2,3). The van der Waals surface area contributed by atoms with Crippen molar-refractivity contribution in [1.29, 1.82) is 0 Å². The van der Waals surface area contributed by atoms with Crippen LogP contribution in [-0.2, 0) is 27.8 Å². The minimum Gasteiger partial charge on any atom is -0.483 e. The number of carboxylic acid groups (broad SMARTS) is 1. The number of tetrazole rings is 1. The van der Waals surface area contributed by atoms with Gasteiger partial charge in [-0.15, -0.1) is 5.10 Å². The molecule has 0 spiro atoms. The van der Waals surface area contributed by atoms with Crippen LogP contribution in [-0.4, -0.2) is 72.1 Å². The molecule has 1 aliphatic rings. The molecule has 11 heteroatoms. The molecule has 4 rings (SSSR count). The van der Waals surface area contributed by atoms with E-state index in [1.54, 1.807) is 11.7 Å². The van der Waals surface area contributed by atoms with E-state index in [1.807, 2.05) is 53.8 Å². The van der Waals surface area contributed by atoms with Crippen LogP contribution in [0.1, 0.15) is 28.9 Å². The predicted molar refractivity (Wildman–Crippen MR) is 110 cm³/mol. The third-order valence-corrected chi connectivity index (χ3v) is 5.13. The largest absolute Gasteiger partial charge is 0.483 e. The summed E-state index contributed by atoms with van der Waals surface area (Å²) in [5.41, 5.74) is 3.82. The van der Waals surface area contributed by atoms with Gasteiger partial charge in [-0.05, 0) is 36.4 Å². The molecule has 3 heterocycles. The normalized spacial score (nSPS) is 15.8. The maximum Gasteiger partial charge on any atom is 0.290 e. The number of morpholine rings is 1. The Balaban J connectivity index is 0.000000858. The summed E-state index contributed by atoms with van der Waals surface area (Å²) < 4.78 is 9.24. The van der Waals surface area contributed by atoms with Gasteiger partial charge in [-0.3, -0.25) is 9.59 Å². The van der Waals surface area contributed by atoms with Gasteiger partial charge in [0.1, 0.15) is 6.10 Å². The van der Waals surface area contributed by atoms with Crippen LogP contribution in [0.2, 0.25) is 0 Å². The van der Waals surface area contributed by atoms with Gasteiger partial charge in [-0.25, -0.2) is 9.36 Å². The summed E-state index contributed by atoms with van der Waals surface area (Å²) in [4.78, 5) is 23.2. The molecule has 0 saturated carbocycles. The number of hydrogen-bond donors (Lipinski definition) is 1. The minimum absolute atomic E-state index is 0.0576. The first-order valence-electron chi connectivity index (χ1n) is 9.76. The van der Waals surface area contributed by atoms with Gasteiger partial charge in [0.15, 0.2) is 5.82 Å². The number of rotatable bonds is 4. The highest BCUT2D eigenvalue weighted by Crippen LogP contribution is 2.22. The number of ether oxygens (including phenoxy) is 1. The lowest BCUT2D eigenvalue weighted by atomic mass is 10.1. The lowest BCUT2D eigenvalue weighted by molar-refractivity contribution is -0.138. The van der Waals surface area contributed by atoms with E-state index >= 15 is 0 Å². The Morgan fingerprint density at radius 2 is 2.00 bits per heavy atom. The second kappa shape index (κ2) is 9.94. The van der Waals surface area contributed by atoms with Crippen molar-refractivity contribution < 1.29 is 19.4 Å². The van der Waals surface area contributed by atoms with Crippen molar-refractivity contribution in [3.8, 4) is 5.69 Å². The number of benzene rings is 1. The Bertz CT molecular complexity index is 1030. The number of aryl methyl sites for hydroxylation is 2. The van der Waals surface area contributed by atoms with Crippen molar-refractivity contribution in [1.82, 2.24) is 34.9 Å². The highest BCUT2D eigenvalue weighted by Gasteiger charge is 2.29. The first kappa shape index (κ1) is 22.1. The molecule has 164 valence electrons. The summed E-state index contributed by atoms with van der Waals surface area (Å²) in [5, 5.41) is 23.0. The second-order valence-electron chi connectivity index (χ2n) is 7.04. The second-order valence-corrected chi connectivity index (χ2v) is 7.04. The van der Waals surface area contributed by atoms with E-state index in [2.05, 4.69) is 20.6 Å². The lowest BCUT2D eigenvalue weighted by Crippen LogP contribution is -2.43. The molecule has 0 radical (unpaired) electrons. The molecule has 1 atom stereocenters. The third kappa shape index (κ3) is 4.94. The molecule has 1 aromatic carbocycles. The average molecular weight is 427 g/mol. The van der Waals surface area contributed by atoms with Crippen LogP contribution < -0.4 is 0 Å². The first-order chi connectivity index (χ1) is 15.0. The van der Waals surface area contributed by atoms with Gasteiger partial charge in [0.25, 0.3) is 6.47 Å². The highest BCUT2D eigenvalue weighted by molar-refractivity contribution is 5.79. The van der Waals surface area contributed by atoms with Gasteiger partial charge >= 0.3 is 0 Å². The summed E-state index contributed by atoms with van der Waals surface area (Å²) >= 11 is 0. The zero-order valence-corrected chi connectivity index (χ0v) is 17.7. The molecule has 1 unspecified atom stereocenters. The van der Waals surface area contributed by atoms with Gasteiger partial charge in [0.2, 0.25) is 5.91 Å².